The number of Topliss-reactive ketones (excluding diaryl/α,β-unsaturated/α-hetero) is 1. The van der Waals surface area contributed by atoms with E-state index in [9.17, 15) is 13.6 Å². The van der Waals surface area contributed by atoms with Gasteiger partial charge in [0, 0.05) is 18.4 Å². The molecule has 0 spiro atoms. The maximum atomic E-state index is 13.3. The Morgan fingerprint density at radius 3 is 2.60 bits per heavy atom. The van der Waals surface area contributed by atoms with Crippen LogP contribution in [0.1, 0.15) is 38.2 Å². The highest BCUT2D eigenvalue weighted by Crippen LogP contribution is 2.22. The van der Waals surface area contributed by atoms with E-state index in [1.165, 1.54) is 12.1 Å². The Balaban J connectivity index is 2.91. The quantitative estimate of drug-likeness (QED) is 0.747. The van der Waals surface area contributed by atoms with E-state index in [2.05, 4.69) is 0 Å². The smallest absolute Gasteiger partial charge is 0.140 e. The summed E-state index contributed by atoms with van der Waals surface area (Å²) in [5.41, 5.74) is 0.273. The Morgan fingerprint density at radius 2 is 2.07 bits per heavy atom. The Kier molecular flexibility index (Phi) is 3.95. The Labute approximate surface area is 88.1 Å². The zero-order valence-corrected chi connectivity index (χ0v) is 8.89. The van der Waals surface area contributed by atoms with E-state index in [1.807, 2.05) is 6.92 Å². The second kappa shape index (κ2) is 5.01. The summed E-state index contributed by atoms with van der Waals surface area (Å²) >= 11 is 0. The molecule has 3 heteroatoms. The van der Waals surface area contributed by atoms with Crippen molar-refractivity contribution in [3.8, 4) is 0 Å². The number of halogens is 2. The van der Waals surface area contributed by atoms with Gasteiger partial charge in [-0.2, -0.15) is 0 Å². The van der Waals surface area contributed by atoms with Gasteiger partial charge in [0.25, 0.3) is 0 Å². The maximum absolute atomic E-state index is 13.3. The minimum absolute atomic E-state index is 0.0111. The fourth-order valence-electron chi connectivity index (χ4n) is 1.49. The van der Waals surface area contributed by atoms with Gasteiger partial charge in [-0.05, 0) is 18.1 Å². The largest absolute Gasteiger partial charge is 0.299 e. The second-order valence-corrected chi connectivity index (χ2v) is 3.60. The highest BCUT2D eigenvalue weighted by atomic mass is 19.1. The minimum atomic E-state index is -0.646. The summed E-state index contributed by atoms with van der Waals surface area (Å²) in [6.45, 7) is 3.54. The van der Waals surface area contributed by atoms with E-state index in [0.29, 0.717) is 6.42 Å². The highest BCUT2D eigenvalue weighted by molar-refractivity contribution is 5.85. The lowest BCUT2D eigenvalue weighted by atomic mass is 9.94. The average molecular weight is 212 g/mol. The van der Waals surface area contributed by atoms with Crippen molar-refractivity contribution in [2.75, 3.05) is 0 Å². The number of benzene rings is 1. The monoisotopic (exact) mass is 212 g/mol. The third-order valence-corrected chi connectivity index (χ3v) is 2.41. The molecule has 0 aliphatic carbocycles. The fraction of sp³-hybridized carbons (Fsp3) is 0.417. The highest BCUT2D eigenvalue weighted by Gasteiger charge is 2.17. The van der Waals surface area contributed by atoms with Crippen molar-refractivity contribution >= 4 is 5.78 Å². The topological polar surface area (TPSA) is 17.1 Å². The van der Waals surface area contributed by atoms with Gasteiger partial charge >= 0.3 is 0 Å². The molecule has 1 atom stereocenters. The van der Waals surface area contributed by atoms with Crippen LogP contribution in [0.25, 0.3) is 0 Å². The number of rotatable bonds is 4. The molecule has 82 valence electrons. The summed E-state index contributed by atoms with van der Waals surface area (Å²) in [7, 11) is 0. The molecule has 0 saturated carbocycles. The maximum Gasteiger partial charge on any atom is 0.140 e. The molecule has 0 fully saturated rings. The summed E-state index contributed by atoms with van der Waals surface area (Å²) in [6, 6.07) is 3.32. The second-order valence-electron chi connectivity index (χ2n) is 3.60. The van der Waals surface area contributed by atoms with Gasteiger partial charge in [-0.15, -0.1) is 0 Å². The van der Waals surface area contributed by atoms with Crippen LogP contribution in [0.5, 0.6) is 0 Å². The molecule has 0 saturated heterocycles. The number of hydrogen-bond donors (Lipinski definition) is 0. The summed E-state index contributed by atoms with van der Waals surface area (Å²) in [6.07, 6.45) is 1.17. The van der Waals surface area contributed by atoms with Gasteiger partial charge < -0.3 is 0 Å². The van der Waals surface area contributed by atoms with Gasteiger partial charge in [0.15, 0.2) is 0 Å². The molecule has 1 aromatic rings. The third-order valence-electron chi connectivity index (χ3n) is 2.41. The standard InChI is InChI=1S/C12H14F2O/c1-3-4-12(15)8(2)10-6-5-9(13)7-11(10)14/h5-8H,3-4H2,1-2H3. The zero-order valence-electron chi connectivity index (χ0n) is 8.89. The molecule has 0 aliphatic heterocycles. The van der Waals surface area contributed by atoms with E-state index in [4.69, 9.17) is 0 Å². The van der Waals surface area contributed by atoms with Crippen LogP contribution in [-0.2, 0) is 4.79 Å². The normalized spacial score (nSPS) is 12.5. The molecule has 0 heterocycles. The summed E-state index contributed by atoms with van der Waals surface area (Å²) in [5.74, 6) is -1.77. The summed E-state index contributed by atoms with van der Waals surface area (Å²) < 4.78 is 25.9. The molecular weight excluding hydrogens is 198 g/mol. The molecule has 1 rings (SSSR count). The first-order valence-electron chi connectivity index (χ1n) is 5.04. The van der Waals surface area contributed by atoms with E-state index < -0.39 is 17.6 Å². The fourth-order valence-corrected chi connectivity index (χ4v) is 1.49. The number of ketones is 1. The molecule has 1 aromatic carbocycles. The molecule has 1 nitrogen and oxygen atoms in total. The first-order valence-corrected chi connectivity index (χ1v) is 5.04. The SMILES string of the molecule is CCCC(=O)C(C)c1ccc(F)cc1F. The Morgan fingerprint density at radius 1 is 1.40 bits per heavy atom. The third kappa shape index (κ3) is 2.85. The van der Waals surface area contributed by atoms with Crippen molar-refractivity contribution in [3.63, 3.8) is 0 Å². The first-order chi connectivity index (χ1) is 7.06. The van der Waals surface area contributed by atoms with Gasteiger partial charge in [0.2, 0.25) is 0 Å². The van der Waals surface area contributed by atoms with Crippen LogP contribution in [0.4, 0.5) is 8.78 Å². The predicted octanol–water partition coefficient (Wildman–Crippen LogP) is 3.44. The zero-order chi connectivity index (χ0) is 11.4. The van der Waals surface area contributed by atoms with Crippen LogP contribution < -0.4 is 0 Å². The summed E-state index contributed by atoms with van der Waals surface area (Å²) in [4.78, 5) is 11.5. The lowest BCUT2D eigenvalue weighted by molar-refractivity contribution is -0.120. The van der Waals surface area contributed by atoms with Gasteiger partial charge in [-0.25, -0.2) is 8.78 Å². The first kappa shape index (κ1) is 11.8. The molecule has 0 bridgehead atoms. The van der Waals surface area contributed by atoms with Crippen LogP contribution in [0, 0.1) is 11.6 Å². The average Bonchev–Trinajstić information content (AvgIpc) is 2.17. The number of carbonyl (C=O) groups excluding carboxylic acids is 1. The van der Waals surface area contributed by atoms with Gasteiger partial charge in [0.05, 0.1) is 0 Å². The van der Waals surface area contributed by atoms with Crippen molar-refractivity contribution in [2.24, 2.45) is 0 Å². The molecule has 15 heavy (non-hydrogen) atoms. The predicted molar refractivity (Wildman–Crippen MR) is 54.7 cm³/mol. The lowest BCUT2D eigenvalue weighted by Gasteiger charge is -2.11. The minimum Gasteiger partial charge on any atom is -0.299 e. The molecule has 1 unspecified atom stereocenters. The lowest BCUT2D eigenvalue weighted by Crippen LogP contribution is -2.10. The number of carbonyl (C=O) groups is 1. The van der Waals surface area contributed by atoms with Gasteiger partial charge in [-0.1, -0.05) is 19.9 Å². The molecular formula is C12H14F2O. The van der Waals surface area contributed by atoms with Crippen molar-refractivity contribution in [1.29, 1.82) is 0 Å². The van der Waals surface area contributed by atoms with Crippen LogP contribution in [0.15, 0.2) is 18.2 Å². The number of hydrogen-bond acceptors (Lipinski definition) is 1. The van der Waals surface area contributed by atoms with E-state index >= 15 is 0 Å². The molecule has 0 N–H and O–H groups in total. The van der Waals surface area contributed by atoms with Crippen molar-refractivity contribution < 1.29 is 13.6 Å². The molecule has 0 radical (unpaired) electrons. The summed E-state index contributed by atoms with van der Waals surface area (Å²) in [5, 5.41) is 0. The van der Waals surface area contributed by atoms with E-state index in [0.717, 1.165) is 12.5 Å². The van der Waals surface area contributed by atoms with E-state index in [1.54, 1.807) is 6.92 Å². The molecule has 0 aromatic heterocycles. The van der Waals surface area contributed by atoms with Crippen LogP contribution in [-0.4, -0.2) is 5.78 Å². The van der Waals surface area contributed by atoms with Crippen LogP contribution in [0.2, 0.25) is 0 Å². The van der Waals surface area contributed by atoms with Crippen LogP contribution in [0.3, 0.4) is 0 Å². The Hall–Kier alpha value is -1.25. The Bertz CT molecular complexity index is 361. The van der Waals surface area contributed by atoms with Gasteiger partial charge in [0.1, 0.15) is 17.4 Å². The van der Waals surface area contributed by atoms with Gasteiger partial charge in [-0.3, -0.25) is 4.79 Å². The molecule has 0 amide bonds. The van der Waals surface area contributed by atoms with E-state index in [-0.39, 0.29) is 11.3 Å². The van der Waals surface area contributed by atoms with Crippen molar-refractivity contribution in [1.82, 2.24) is 0 Å². The van der Waals surface area contributed by atoms with Crippen molar-refractivity contribution in [2.45, 2.75) is 32.6 Å². The molecule has 0 aliphatic rings. The van der Waals surface area contributed by atoms with Crippen molar-refractivity contribution in [3.05, 3.63) is 35.4 Å². The van der Waals surface area contributed by atoms with Crippen LogP contribution >= 0.6 is 0 Å².